The fourth-order valence-electron chi connectivity index (χ4n) is 4.51. The molecule has 1 aliphatic rings. The van der Waals surface area contributed by atoms with E-state index in [-0.39, 0.29) is 36.1 Å². The lowest BCUT2D eigenvalue weighted by Crippen LogP contribution is -2.46. The number of sulfonamides is 1. The van der Waals surface area contributed by atoms with Gasteiger partial charge in [-0.1, -0.05) is 37.6 Å². The third kappa shape index (κ3) is 6.32. The highest BCUT2D eigenvalue weighted by molar-refractivity contribution is 7.88. The van der Waals surface area contributed by atoms with Gasteiger partial charge in [0.05, 0.1) is 24.8 Å². The van der Waals surface area contributed by atoms with Crippen molar-refractivity contribution in [2.24, 2.45) is 5.92 Å². The van der Waals surface area contributed by atoms with E-state index in [4.69, 9.17) is 16.3 Å². The SMILES string of the molecule is COc1cc(C)c([C@@H](C)NC(=O)[C@@H]2CCCN(S(=O)(=O)Cc3ccc(Cl)cc3)C2)cc1C(C)C. The summed E-state index contributed by atoms with van der Waals surface area (Å²) in [6, 6.07) is 10.7. The van der Waals surface area contributed by atoms with Crippen LogP contribution in [0.5, 0.6) is 5.75 Å². The standard InChI is InChI=1S/C26H35ClN2O4S/c1-17(2)23-14-24(18(3)13-25(23)33-5)19(4)28-26(30)21-7-6-12-29(15-21)34(31,32)16-20-8-10-22(27)11-9-20/h8-11,13-14,17,19,21H,6-7,12,15-16H2,1-5H3,(H,28,30)/t19-,21-/m1/s1. The largest absolute Gasteiger partial charge is 0.496 e. The number of halogens is 1. The van der Waals surface area contributed by atoms with Crippen molar-refractivity contribution in [1.29, 1.82) is 0 Å². The number of amides is 1. The molecule has 0 saturated carbocycles. The normalized spacial score (nSPS) is 18.0. The Labute approximate surface area is 208 Å². The predicted molar refractivity (Wildman–Crippen MR) is 137 cm³/mol. The Bertz CT molecular complexity index is 1120. The maximum Gasteiger partial charge on any atom is 0.224 e. The maximum atomic E-state index is 13.1. The molecule has 0 unspecified atom stereocenters. The minimum atomic E-state index is -3.53. The Morgan fingerprint density at radius 1 is 1.18 bits per heavy atom. The molecule has 1 saturated heterocycles. The molecule has 186 valence electrons. The molecule has 0 aliphatic carbocycles. The highest BCUT2D eigenvalue weighted by atomic mass is 35.5. The van der Waals surface area contributed by atoms with Crippen LogP contribution in [-0.4, -0.2) is 38.8 Å². The molecule has 1 heterocycles. The molecule has 0 spiro atoms. The molecule has 0 bridgehead atoms. The molecule has 3 rings (SSSR count). The summed E-state index contributed by atoms with van der Waals surface area (Å²) in [6.07, 6.45) is 1.33. The molecule has 1 amide bonds. The Hall–Kier alpha value is -2.09. The first-order chi connectivity index (χ1) is 16.0. The van der Waals surface area contributed by atoms with E-state index in [1.165, 1.54) is 4.31 Å². The second kappa shape index (κ2) is 11.1. The molecule has 2 atom stereocenters. The monoisotopic (exact) mass is 506 g/mol. The molecular weight excluding hydrogens is 472 g/mol. The van der Waals surface area contributed by atoms with Crippen LogP contribution in [-0.2, 0) is 20.6 Å². The summed E-state index contributed by atoms with van der Waals surface area (Å²) in [6.45, 7) is 8.84. The van der Waals surface area contributed by atoms with Crippen molar-refractivity contribution in [3.05, 3.63) is 63.7 Å². The summed E-state index contributed by atoms with van der Waals surface area (Å²) in [5.41, 5.74) is 3.87. The molecule has 0 radical (unpaired) electrons. The third-order valence-corrected chi connectivity index (χ3v) is 8.54. The zero-order valence-corrected chi connectivity index (χ0v) is 22.2. The van der Waals surface area contributed by atoms with Gasteiger partial charge in [0.25, 0.3) is 0 Å². The van der Waals surface area contributed by atoms with Crippen LogP contribution >= 0.6 is 11.6 Å². The molecule has 0 aromatic heterocycles. The van der Waals surface area contributed by atoms with Gasteiger partial charge in [0, 0.05) is 18.1 Å². The van der Waals surface area contributed by atoms with Gasteiger partial charge in [-0.25, -0.2) is 12.7 Å². The Kier molecular flexibility index (Phi) is 8.66. The van der Waals surface area contributed by atoms with E-state index < -0.39 is 10.0 Å². The summed E-state index contributed by atoms with van der Waals surface area (Å²) < 4.78 is 33.0. The minimum absolute atomic E-state index is 0.0993. The molecular formula is C26H35ClN2O4S. The van der Waals surface area contributed by atoms with Crippen molar-refractivity contribution in [3.63, 3.8) is 0 Å². The van der Waals surface area contributed by atoms with Gasteiger partial charge in [-0.15, -0.1) is 0 Å². The van der Waals surface area contributed by atoms with Crippen LogP contribution in [0.2, 0.25) is 5.02 Å². The van der Waals surface area contributed by atoms with E-state index in [1.807, 2.05) is 19.9 Å². The number of hydrogen-bond acceptors (Lipinski definition) is 4. The highest BCUT2D eigenvalue weighted by Gasteiger charge is 2.33. The summed E-state index contributed by atoms with van der Waals surface area (Å²) in [7, 11) is -1.86. The average Bonchev–Trinajstić information content (AvgIpc) is 2.80. The van der Waals surface area contributed by atoms with Crippen molar-refractivity contribution in [3.8, 4) is 5.75 Å². The second-order valence-corrected chi connectivity index (χ2v) is 11.8. The summed E-state index contributed by atoms with van der Waals surface area (Å²) in [5.74, 6) is 0.552. The molecule has 1 aliphatic heterocycles. The number of carbonyl (C=O) groups excluding carboxylic acids is 1. The Balaban J connectivity index is 1.69. The summed E-state index contributed by atoms with van der Waals surface area (Å²) >= 11 is 5.91. The van der Waals surface area contributed by atoms with Gasteiger partial charge >= 0.3 is 0 Å². The zero-order valence-electron chi connectivity index (χ0n) is 20.6. The molecule has 6 nitrogen and oxygen atoms in total. The fourth-order valence-corrected chi connectivity index (χ4v) is 6.25. The Morgan fingerprint density at radius 2 is 1.85 bits per heavy atom. The molecule has 34 heavy (non-hydrogen) atoms. The van der Waals surface area contributed by atoms with E-state index in [0.717, 1.165) is 22.4 Å². The number of carbonyl (C=O) groups is 1. The van der Waals surface area contributed by atoms with Gasteiger partial charge in [0.2, 0.25) is 15.9 Å². The number of benzene rings is 2. The minimum Gasteiger partial charge on any atom is -0.496 e. The first-order valence-corrected chi connectivity index (χ1v) is 13.7. The first kappa shape index (κ1) is 26.5. The topological polar surface area (TPSA) is 75.7 Å². The van der Waals surface area contributed by atoms with Crippen LogP contribution in [0.1, 0.15) is 67.8 Å². The van der Waals surface area contributed by atoms with Gasteiger partial charge in [-0.3, -0.25) is 4.79 Å². The lowest BCUT2D eigenvalue weighted by Gasteiger charge is -2.32. The number of ether oxygens (including phenoxy) is 1. The van der Waals surface area contributed by atoms with Crippen LogP contribution in [0, 0.1) is 12.8 Å². The third-order valence-electron chi connectivity index (χ3n) is 6.48. The lowest BCUT2D eigenvalue weighted by atomic mass is 9.92. The molecule has 1 N–H and O–H groups in total. The number of piperidine rings is 1. The van der Waals surface area contributed by atoms with E-state index in [9.17, 15) is 13.2 Å². The lowest BCUT2D eigenvalue weighted by molar-refractivity contribution is -0.126. The number of nitrogens with one attached hydrogen (secondary N) is 1. The van der Waals surface area contributed by atoms with Crippen LogP contribution in [0.3, 0.4) is 0 Å². The summed E-state index contributed by atoms with van der Waals surface area (Å²) in [4.78, 5) is 13.1. The average molecular weight is 507 g/mol. The number of rotatable bonds is 8. The number of nitrogens with zero attached hydrogens (tertiary/aromatic N) is 1. The van der Waals surface area contributed by atoms with Crippen molar-refractivity contribution in [2.75, 3.05) is 20.2 Å². The molecule has 2 aromatic rings. The number of aryl methyl sites for hydroxylation is 1. The van der Waals surface area contributed by atoms with Crippen LogP contribution in [0.4, 0.5) is 0 Å². The van der Waals surface area contributed by atoms with Crippen LogP contribution in [0.15, 0.2) is 36.4 Å². The van der Waals surface area contributed by atoms with Gasteiger partial charge in [-0.05, 0) is 79.1 Å². The van der Waals surface area contributed by atoms with Crippen molar-refractivity contribution < 1.29 is 17.9 Å². The molecule has 8 heteroatoms. The van der Waals surface area contributed by atoms with E-state index in [0.29, 0.717) is 30.0 Å². The fraction of sp³-hybridized carbons (Fsp3) is 0.500. The quantitative estimate of drug-likeness (QED) is 0.534. The first-order valence-electron chi connectivity index (χ1n) is 11.7. The van der Waals surface area contributed by atoms with Gasteiger partial charge in [-0.2, -0.15) is 0 Å². The number of methoxy groups -OCH3 is 1. The van der Waals surface area contributed by atoms with Crippen LogP contribution < -0.4 is 10.1 Å². The predicted octanol–water partition coefficient (Wildman–Crippen LogP) is 5.20. The van der Waals surface area contributed by atoms with E-state index >= 15 is 0 Å². The number of hydrogen-bond donors (Lipinski definition) is 1. The Morgan fingerprint density at radius 3 is 2.47 bits per heavy atom. The molecule has 1 fully saturated rings. The van der Waals surface area contributed by atoms with Crippen molar-refractivity contribution in [2.45, 2.75) is 58.2 Å². The van der Waals surface area contributed by atoms with E-state index in [1.54, 1.807) is 31.4 Å². The van der Waals surface area contributed by atoms with Crippen molar-refractivity contribution >= 4 is 27.5 Å². The maximum absolute atomic E-state index is 13.1. The van der Waals surface area contributed by atoms with Gasteiger partial charge in [0.1, 0.15) is 5.75 Å². The van der Waals surface area contributed by atoms with Crippen LogP contribution in [0.25, 0.3) is 0 Å². The van der Waals surface area contributed by atoms with E-state index in [2.05, 4.69) is 25.2 Å². The summed E-state index contributed by atoms with van der Waals surface area (Å²) in [5, 5.41) is 3.69. The highest BCUT2D eigenvalue weighted by Crippen LogP contribution is 2.32. The molecule has 2 aromatic carbocycles. The van der Waals surface area contributed by atoms with Gasteiger partial charge in [0.15, 0.2) is 0 Å². The smallest absolute Gasteiger partial charge is 0.224 e. The second-order valence-electron chi connectivity index (χ2n) is 9.42. The zero-order chi connectivity index (χ0) is 25.0. The van der Waals surface area contributed by atoms with Gasteiger partial charge < -0.3 is 10.1 Å². The van der Waals surface area contributed by atoms with Crippen molar-refractivity contribution in [1.82, 2.24) is 9.62 Å².